The number of carbonyl (C=O) groups is 2. The van der Waals surface area contributed by atoms with Gasteiger partial charge in [-0.1, -0.05) is 18.3 Å². The van der Waals surface area contributed by atoms with Gasteiger partial charge in [0.05, 0.1) is 12.0 Å². The van der Waals surface area contributed by atoms with Crippen molar-refractivity contribution < 1.29 is 22.8 Å². The molecule has 1 heterocycles. The second kappa shape index (κ2) is 8.15. The first-order valence-electron chi connectivity index (χ1n) is 8.42. The van der Waals surface area contributed by atoms with Gasteiger partial charge in [-0.25, -0.2) is 8.42 Å². The molecule has 8 nitrogen and oxygen atoms in total. The van der Waals surface area contributed by atoms with Gasteiger partial charge >= 0.3 is 0 Å². The van der Waals surface area contributed by atoms with E-state index in [2.05, 4.69) is 5.32 Å². The van der Waals surface area contributed by atoms with Crippen molar-refractivity contribution in [2.45, 2.75) is 37.6 Å². The molecule has 1 aromatic carbocycles. The summed E-state index contributed by atoms with van der Waals surface area (Å²) in [6.45, 7) is 4.37. The number of hydrogen-bond donors (Lipinski definition) is 1. The number of rotatable bonds is 7. The molecule has 1 saturated heterocycles. The highest BCUT2D eigenvalue weighted by Gasteiger charge is 2.35. The first-order chi connectivity index (χ1) is 12.2. The van der Waals surface area contributed by atoms with Crippen molar-refractivity contribution in [2.24, 2.45) is 5.92 Å². The fourth-order valence-corrected chi connectivity index (χ4v) is 3.91. The average molecular weight is 383 g/mol. The van der Waals surface area contributed by atoms with Gasteiger partial charge < -0.3 is 10.2 Å². The Morgan fingerprint density at radius 1 is 1.27 bits per heavy atom. The zero-order valence-corrected chi connectivity index (χ0v) is 16.2. The number of amides is 2. The summed E-state index contributed by atoms with van der Waals surface area (Å²) < 4.78 is 25.1. The van der Waals surface area contributed by atoms with Crippen LogP contribution in [-0.2, 0) is 24.4 Å². The molecule has 0 radical (unpaired) electrons. The molecule has 0 aliphatic carbocycles. The van der Waals surface area contributed by atoms with Crippen LogP contribution < -0.4 is 5.32 Å². The highest BCUT2D eigenvalue weighted by molar-refractivity contribution is 7.89. The van der Waals surface area contributed by atoms with Crippen molar-refractivity contribution in [3.63, 3.8) is 0 Å². The number of sulfonamides is 1. The van der Waals surface area contributed by atoms with Gasteiger partial charge in [-0.2, -0.15) is 0 Å². The summed E-state index contributed by atoms with van der Waals surface area (Å²) in [5, 5.41) is 2.77. The molecule has 1 N–H and O–H groups in total. The molecule has 1 unspecified atom stereocenters. The minimum absolute atomic E-state index is 0.0112. The molecule has 2 rings (SSSR count). The third-order valence-electron chi connectivity index (χ3n) is 4.36. The topological polar surface area (TPSA) is 96.0 Å². The molecule has 1 fully saturated rings. The quantitative estimate of drug-likeness (QED) is 0.719. The van der Waals surface area contributed by atoms with Crippen LogP contribution in [0.1, 0.15) is 26.7 Å². The van der Waals surface area contributed by atoms with E-state index < -0.39 is 16.1 Å². The largest absolute Gasteiger partial charge is 0.330 e. The molecule has 0 spiro atoms. The summed E-state index contributed by atoms with van der Waals surface area (Å²) in [4.78, 5) is 31.1. The minimum Gasteiger partial charge on any atom is -0.330 e. The SMILES string of the molecule is CON(C)S(=O)(=O)c1ccc(NC(=O)C(C(C)C)N2CCCC2=O)cc1. The minimum atomic E-state index is -3.74. The predicted molar refractivity (Wildman–Crippen MR) is 96.6 cm³/mol. The van der Waals surface area contributed by atoms with Crippen molar-refractivity contribution in [2.75, 3.05) is 26.0 Å². The second-order valence-corrected chi connectivity index (χ2v) is 8.43. The van der Waals surface area contributed by atoms with Gasteiger partial charge in [0.2, 0.25) is 11.8 Å². The number of carbonyl (C=O) groups excluding carboxylic acids is 2. The van der Waals surface area contributed by atoms with Gasteiger partial charge in [-0.05, 0) is 36.6 Å². The Morgan fingerprint density at radius 2 is 1.88 bits per heavy atom. The van der Waals surface area contributed by atoms with Crippen LogP contribution in [0.5, 0.6) is 0 Å². The molecule has 144 valence electrons. The summed E-state index contributed by atoms with van der Waals surface area (Å²) in [6, 6.07) is 5.26. The molecule has 0 bridgehead atoms. The van der Waals surface area contributed by atoms with E-state index >= 15 is 0 Å². The van der Waals surface area contributed by atoms with Crippen molar-refractivity contribution in [3.8, 4) is 0 Å². The average Bonchev–Trinajstić information content (AvgIpc) is 3.00. The Bertz CT molecular complexity index is 761. The van der Waals surface area contributed by atoms with Crippen LogP contribution in [0.25, 0.3) is 0 Å². The van der Waals surface area contributed by atoms with E-state index in [1.165, 1.54) is 38.4 Å². The van der Waals surface area contributed by atoms with Crippen LogP contribution in [0.15, 0.2) is 29.2 Å². The lowest BCUT2D eigenvalue weighted by atomic mass is 10.0. The lowest BCUT2D eigenvalue weighted by molar-refractivity contribution is -0.136. The number of anilines is 1. The van der Waals surface area contributed by atoms with Gasteiger partial charge in [0.1, 0.15) is 6.04 Å². The third kappa shape index (κ3) is 4.22. The fraction of sp³-hybridized carbons (Fsp3) is 0.529. The van der Waals surface area contributed by atoms with Crippen LogP contribution in [-0.4, -0.2) is 56.3 Å². The lowest BCUT2D eigenvalue weighted by Gasteiger charge is -2.29. The molecule has 2 amide bonds. The maximum absolute atomic E-state index is 12.7. The van der Waals surface area contributed by atoms with Gasteiger partial charge in [0.15, 0.2) is 0 Å². The number of hydrogen-bond acceptors (Lipinski definition) is 5. The lowest BCUT2D eigenvalue weighted by Crippen LogP contribution is -2.47. The van der Waals surface area contributed by atoms with E-state index in [0.29, 0.717) is 18.7 Å². The fourth-order valence-electron chi connectivity index (χ4n) is 2.94. The van der Waals surface area contributed by atoms with Crippen LogP contribution >= 0.6 is 0 Å². The maximum atomic E-state index is 12.7. The molecule has 1 aromatic rings. The Labute approximate surface area is 154 Å². The standard InChI is InChI=1S/C17H25N3O5S/c1-12(2)16(20-11-5-6-15(20)21)17(22)18-13-7-9-14(10-8-13)26(23,24)19(3)25-4/h7-10,12,16H,5-6,11H2,1-4H3,(H,18,22). The zero-order chi connectivity index (χ0) is 19.5. The monoisotopic (exact) mass is 383 g/mol. The molecule has 1 atom stereocenters. The van der Waals surface area contributed by atoms with Crippen molar-refractivity contribution in [3.05, 3.63) is 24.3 Å². The Hall–Kier alpha value is -1.97. The molecule has 0 saturated carbocycles. The summed E-state index contributed by atoms with van der Waals surface area (Å²) in [5.74, 6) is -0.324. The number of likely N-dealkylation sites (tertiary alicyclic amines) is 1. The van der Waals surface area contributed by atoms with Crippen LogP contribution in [0.4, 0.5) is 5.69 Å². The highest BCUT2D eigenvalue weighted by Crippen LogP contribution is 2.22. The van der Waals surface area contributed by atoms with E-state index in [0.717, 1.165) is 10.9 Å². The number of benzene rings is 1. The van der Waals surface area contributed by atoms with E-state index in [-0.39, 0.29) is 22.6 Å². The second-order valence-electron chi connectivity index (χ2n) is 6.49. The first kappa shape index (κ1) is 20.3. The number of nitrogens with zero attached hydrogens (tertiary/aromatic N) is 2. The van der Waals surface area contributed by atoms with E-state index in [1.807, 2.05) is 13.8 Å². The van der Waals surface area contributed by atoms with Crippen molar-refractivity contribution in [1.29, 1.82) is 0 Å². The maximum Gasteiger partial charge on any atom is 0.264 e. The zero-order valence-electron chi connectivity index (χ0n) is 15.4. The molecular weight excluding hydrogens is 358 g/mol. The molecule has 9 heteroatoms. The third-order valence-corrected chi connectivity index (χ3v) is 6.06. The summed E-state index contributed by atoms with van der Waals surface area (Å²) in [7, 11) is -1.18. The van der Waals surface area contributed by atoms with Gasteiger partial charge in [0.25, 0.3) is 10.0 Å². The number of hydroxylamine groups is 1. The van der Waals surface area contributed by atoms with E-state index in [9.17, 15) is 18.0 Å². The van der Waals surface area contributed by atoms with Gasteiger partial charge in [-0.3, -0.25) is 14.4 Å². The van der Waals surface area contributed by atoms with Gasteiger partial charge in [0, 0.05) is 25.7 Å². The van der Waals surface area contributed by atoms with Crippen molar-refractivity contribution >= 4 is 27.5 Å². The van der Waals surface area contributed by atoms with Crippen LogP contribution in [0, 0.1) is 5.92 Å². The van der Waals surface area contributed by atoms with E-state index in [1.54, 1.807) is 4.90 Å². The molecule has 1 aliphatic rings. The smallest absolute Gasteiger partial charge is 0.264 e. The molecule has 26 heavy (non-hydrogen) atoms. The van der Waals surface area contributed by atoms with E-state index in [4.69, 9.17) is 4.84 Å². The molecular formula is C17H25N3O5S. The Kier molecular flexibility index (Phi) is 6.38. The van der Waals surface area contributed by atoms with Crippen LogP contribution in [0.2, 0.25) is 0 Å². The van der Waals surface area contributed by atoms with Crippen molar-refractivity contribution in [1.82, 2.24) is 9.37 Å². The highest BCUT2D eigenvalue weighted by atomic mass is 32.2. The Morgan fingerprint density at radius 3 is 2.35 bits per heavy atom. The summed E-state index contributed by atoms with van der Waals surface area (Å²) in [6.07, 6.45) is 1.23. The van der Waals surface area contributed by atoms with Gasteiger partial charge in [-0.15, -0.1) is 0 Å². The van der Waals surface area contributed by atoms with Crippen LogP contribution in [0.3, 0.4) is 0 Å². The molecule has 1 aliphatic heterocycles. The number of nitrogens with one attached hydrogen (secondary N) is 1. The predicted octanol–water partition coefficient (Wildman–Crippen LogP) is 1.45. The molecule has 0 aromatic heterocycles. The summed E-state index contributed by atoms with van der Waals surface area (Å²) in [5.41, 5.74) is 0.464. The first-order valence-corrected chi connectivity index (χ1v) is 9.86. The normalized spacial score (nSPS) is 16.4. The summed E-state index contributed by atoms with van der Waals surface area (Å²) >= 11 is 0. The Balaban J connectivity index is 2.14.